The van der Waals surface area contributed by atoms with Gasteiger partial charge in [-0.25, -0.2) is 0 Å². The van der Waals surface area contributed by atoms with Gasteiger partial charge in [-0.05, 0) is 25.0 Å². The van der Waals surface area contributed by atoms with Crippen LogP contribution in [0.4, 0.5) is 0 Å². The third-order valence-corrected chi connectivity index (χ3v) is 3.46. The number of alkyl halides is 1. The van der Waals surface area contributed by atoms with Gasteiger partial charge < -0.3 is 4.74 Å². The van der Waals surface area contributed by atoms with Gasteiger partial charge in [-0.2, -0.15) is 0 Å². The number of rotatable bonds is 3. The highest BCUT2D eigenvalue weighted by atomic mass is 79.9. The van der Waals surface area contributed by atoms with E-state index in [2.05, 4.69) is 44.8 Å². The third-order valence-electron chi connectivity index (χ3n) is 1.96. The van der Waals surface area contributed by atoms with Gasteiger partial charge in [0.1, 0.15) is 5.75 Å². The fourth-order valence-corrected chi connectivity index (χ4v) is 2.16. The molecule has 72 valence electrons. The van der Waals surface area contributed by atoms with Crippen molar-refractivity contribution in [2.75, 3.05) is 12.4 Å². The maximum absolute atomic E-state index is 5.28. The minimum absolute atomic E-state index is 0.950. The summed E-state index contributed by atoms with van der Waals surface area (Å²) in [4.78, 5) is 0. The Kier molecular flexibility index (Phi) is 4.26. The van der Waals surface area contributed by atoms with E-state index in [1.165, 1.54) is 11.1 Å². The zero-order valence-electron chi connectivity index (χ0n) is 7.73. The topological polar surface area (TPSA) is 9.23 Å². The lowest BCUT2D eigenvalue weighted by atomic mass is 10.1. The number of halogens is 2. The average Bonchev–Trinajstić information content (AvgIpc) is 2.14. The van der Waals surface area contributed by atoms with Gasteiger partial charge in [-0.15, -0.1) is 0 Å². The van der Waals surface area contributed by atoms with E-state index in [0.717, 1.165) is 22.0 Å². The minimum atomic E-state index is 0.950. The fourth-order valence-electron chi connectivity index (χ4n) is 1.24. The van der Waals surface area contributed by atoms with Crippen molar-refractivity contribution in [3.05, 3.63) is 27.7 Å². The van der Waals surface area contributed by atoms with E-state index in [4.69, 9.17) is 4.74 Å². The van der Waals surface area contributed by atoms with E-state index in [-0.39, 0.29) is 0 Å². The van der Waals surface area contributed by atoms with E-state index in [0.29, 0.717) is 0 Å². The molecule has 1 rings (SSSR count). The molecule has 0 aliphatic heterocycles. The summed E-state index contributed by atoms with van der Waals surface area (Å²) >= 11 is 7.00. The molecule has 0 fully saturated rings. The number of aryl methyl sites for hydroxylation is 1. The standard InChI is InChI=1S/C10H12Br2O/c1-7-3-4-9(13-2)8(5-6-11)10(7)12/h3-4H,5-6H2,1-2H3. The molecule has 0 aromatic heterocycles. The van der Waals surface area contributed by atoms with Crippen molar-refractivity contribution < 1.29 is 4.74 Å². The smallest absolute Gasteiger partial charge is 0.123 e. The van der Waals surface area contributed by atoms with Crippen LogP contribution in [0.1, 0.15) is 11.1 Å². The second-order valence-corrected chi connectivity index (χ2v) is 4.40. The SMILES string of the molecule is COc1ccc(C)c(Br)c1CCBr. The molecule has 0 aliphatic carbocycles. The van der Waals surface area contributed by atoms with Gasteiger partial charge in [0, 0.05) is 15.4 Å². The van der Waals surface area contributed by atoms with Gasteiger partial charge in [0.15, 0.2) is 0 Å². The Labute approximate surface area is 95.7 Å². The average molecular weight is 308 g/mol. The highest BCUT2D eigenvalue weighted by Crippen LogP contribution is 2.30. The summed E-state index contributed by atoms with van der Waals surface area (Å²) in [6.45, 7) is 2.08. The Bertz CT molecular complexity index is 297. The number of hydrogen-bond donors (Lipinski definition) is 0. The van der Waals surface area contributed by atoms with Crippen LogP contribution in [-0.4, -0.2) is 12.4 Å². The third kappa shape index (κ3) is 2.47. The van der Waals surface area contributed by atoms with Crippen molar-refractivity contribution >= 4 is 31.9 Å². The molecule has 0 N–H and O–H groups in total. The van der Waals surface area contributed by atoms with Gasteiger partial charge in [-0.3, -0.25) is 0 Å². The highest BCUT2D eigenvalue weighted by molar-refractivity contribution is 9.10. The van der Waals surface area contributed by atoms with Crippen LogP contribution in [0.25, 0.3) is 0 Å². The van der Waals surface area contributed by atoms with Crippen LogP contribution in [0.15, 0.2) is 16.6 Å². The van der Waals surface area contributed by atoms with Crippen molar-refractivity contribution in [3.63, 3.8) is 0 Å². The lowest BCUT2D eigenvalue weighted by Crippen LogP contribution is -1.96. The molecule has 1 aromatic carbocycles. The molecule has 0 aliphatic rings. The number of ether oxygens (including phenoxy) is 1. The molecule has 0 amide bonds. The van der Waals surface area contributed by atoms with Gasteiger partial charge in [0.2, 0.25) is 0 Å². The first-order chi connectivity index (χ1) is 6.20. The van der Waals surface area contributed by atoms with Gasteiger partial charge in [0.25, 0.3) is 0 Å². The van der Waals surface area contributed by atoms with Crippen LogP contribution in [0.2, 0.25) is 0 Å². The van der Waals surface area contributed by atoms with E-state index in [9.17, 15) is 0 Å². The predicted molar refractivity (Wildman–Crippen MR) is 62.9 cm³/mol. The summed E-state index contributed by atoms with van der Waals surface area (Å²) in [5.41, 5.74) is 2.48. The van der Waals surface area contributed by atoms with Crippen molar-refractivity contribution in [2.24, 2.45) is 0 Å². The Balaban J connectivity index is 3.15. The molecule has 13 heavy (non-hydrogen) atoms. The molecule has 1 nitrogen and oxygen atoms in total. The quantitative estimate of drug-likeness (QED) is 0.774. The zero-order valence-corrected chi connectivity index (χ0v) is 10.9. The van der Waals surface area contributed by atoms with Crippen molar-refractivity contribution in [1.29, 1.82) is 0 Å². The molecule has 0 spiro atoms. The second kappa shape index (κ2) is 5.01. The van der Waals surface area contributed by atoms with Crippen molar-refractivity contribution in [3.8, 4) is 5.75 Å². The maximum Gasteiger partial charge on any atom is 0.123 e. The van der Waals surface area contributed by atoms with Crippen LogP contribution >= 0.6 is 31.9 Å². The summed E-state index contributed by atoms with van der Waals surface area (Å²) in [6.07, 6.45) is 0.978. The molecule has 0 saturated heterocycles. The lowest BCUT2D eigenvalue weighted by Gasteiger charge is -2.11. The summed E-state index contributed by atoms with van der Waals surface area (Å²) in [5, 5.41) is 0.950. The van der Waals surface area contributed by atoms with Crippen LogP contribution < -0.4 is 4.74 Å². The molecule has 0 unspecified atom stereocenters. The van der Waals surface area contributed by atoms with Crippen LogP contribution in [-0.2, 0) is 6.42 Å². The summed E-state index contributed by atoms with van der Waals surface area (Å²) in [5.74, 6) is 0.955. The largest absolute Gasteiger partial charge is 0.496 e. The number of hydrogen-bond acceptors (Lipinski definition) is 1. The molecule has 0 heterocycles. The van der Waals surface area contributed by atoms with Crippen molar-refractivity contribution in [1.82, 2.24) is 0 Å². The summed E-state index contributed by atoms with van der Waals surface area (Å²) in [7, 11) is 1.70. The Morgan fingerprint density at radius 2 is 2.08 bits per heavy atom. The first-order valence-corrected chi connectivity index (χ1v) is 6.00. The van der Waals surface area contributed by atoms with E-state index in [1.54, 1.807) is 7.11 Å². The number of methoxy groups -OCH3 is 1. The lowest BCUT2D eigenvalue weighted by molar-refractivity contribution is 0.409. The zero-order chi connectivity index (χ0) is 9.84. The van der Waals surface area contributed by atoms with Gasteiger partial charge in [-0.1, -0.05) is 37.9 Å². The minimum Gasteiger partial charge on any atom is -0.496 e. The number of benzene rings is 1. The predicted octanol–water partition coefficient (Wildman–Crippen LogP) is 3.70. The van der Waals surface area contributed by atoms with E-state index < -0.39 is 0 Å². The molecule has 0 bridgehead atoms. The summed E-state index contributed by atoms with van der Waals surface area (Å²) < 4.78 is 6.44. The van der Waals surface area contributed by atoms with E-state index >= 15 is 0 Å². The Hall–Kier alpha value is -0.0200. The Morgan fingerprint density at radius 3 is 2.62 bits per heavy atom. The highest BCUT2D eigenvalue weighted by Gasteiger charge is 2.08. The first kappa shape index (κ1) is 11.1. The maximum atomic E-state index is 5.28. The molecule has 0 radical (unpaired) electrons. The van der Waals surface area contributed by atoms with E-state index in [1.807, 2.05) is 6.07 Å². The normalized spacial score (nSPS) is 10.2. The summed E-state index contributed by atoms with van der Waals surface area (Å²) in [6, 6.07) is 4.07. The van der Waals surface area contributed by atoms with Gasteiger partial charge in [0.05, 0.1) is 7.11 Å². The molecular weight excluding hydrogens is 296 g/mol. The first-order valence-electron chi connectivity index (χ1n) is 4.08. The monoisotopic (exact) mass is 306 g/mol. The van der Waals surface area contributed by atoms with Crippen molar-refractivity contribution in [2.45, 2.75) is 13.3 Å². The second-order valence-electron chi connectivity index (χ2n) is 2.82. The molecule has 3 heteroatoms. The fraction of sp³-hybridized carbons (Fsp3) is 0.400. The van der Waals surface area contributed by atoms with Gasteiger partial charge >= 0.3 is 0 Å². The molecular formula is C10H12Br2O. The molecule has 1 aromatic rings. The van der Waals surface area contributed by atoms with Crippen LogP contribution in [0.5, 0.6) is 5.75 Å². The Morgan fingerprint density at radius 1 is 1.38 bits per heavy atom. The molecule has 0 atom stereocenters. The molecule has 0 saturated carbocycles. The van der Waals surface area contributed by atoms with Crippen LogP contribution in [0, 0.1) is 6.92 Å². The van der Waals surface area contributed by atoms with Crippen LogP contribution in [0.3, 0.4) is 0 Å².